The summed E-state index contributed by atoms with van der Waals surface area (Å²) >= 11 is 0. The molecule has 0 aliphatic heterocycles. The minimum absolute atomic E-state index is 0.0937. The lowest BCUT2D eigenvalue weighted by Gasteiger charge is -2.23. The van der Waals surface area contributed by atoms with Gasteiger partial charge in [0.15, 0.2) is 0 Å². The molecule has 0 spiro atoms. The van der Waals surface area contributed by atoms with E-state index in [9.17, 15) is 5.11 Å². The minimum Gasteiger partial charge on any atom is -0.394 e. The molecule has 5 heteroatoms. The van der Waals surface area contributed by atoms with Crippen molar-refractivity contribution in [3.8, 4) is 0 Å². The molecule has 1 aromatic rings. The lowest BCUT2D eigenvalue weighted by molar-refractivity contribution is 0.144. The van der Waals surface area contributed by atoms with E-state index in [1.807, 2.05) is 18.5 Å². The number of hydrogen-bond donors (Lipinski definition) is 3. The van der Waals surface area contributed by atoms with Crippen molar-refractivity contribution in [2.24, 2.45) is 0 Å². The van der Waals surface area contributed by atoms with Crippen LogP contribution in [0.25, 0.3) is 0 Å². The number of aromatic nitrogens is 2. The third-order valence-corrected chi connectivity index (χ3v) is 3.77. The largest absolute Gasteiger partial charge is 0.394 e. The molecule has 1 aliphatic rings. The highest BCUT2D eigenvalue weighted by atomic mass is 16.3. The standard InChI is InChI=1S/C13H24N4O/c1-3-17-13(12(14)9(2)16-17)15-10-7-5-4-6-8-11(10)18/h10-11,15,18H,3-8,14H2,1-2H3. The van der Waals surface area contributed by atoms with Gasteiger partial charge in [-0.1, -0.05) is 19.3 Å². The molecule has 0 saturated heterocycles. The fraction of sp³-hybridized carbons (Fsp3) is 0.769. The number of aliphatic hydroxyl groups excluding tert-OH is 1. The predicted octanol–water partition coefficient (Wildman–Crippen LogP) is 1.90. The number of nitrogens with two attached hydrogens (primary N) is 1. The van der Waals surface area contributed by atoms with E-state index in [1.165, 1.54) is 6.42 Å². The maximum atomic E-state index is 10.1. The third kappa shape index (κ3) is 2.61. The normalized spacial score (nSPS) is 24.8. The van der Waals surface area contributed by atoms with Crippen molar-refractivity contribution in [2.45, 2.75) is 64.6 Å². The van der Waals surface area contributed by atoms with E-state index in [0.29, 0.717) is 5.69 Å². The van der Waals surface area contributed by atoms with Crippen LogP contribution < -0.4 is 11.1 Å². The van der Waals surface area contributed by atoms with Crippen LogP contribution in [0.3, 0.4) is 0 Å². The Morgan fingerprint density at radius 2 is 2.11 bits per heavy atom. The Hall–Kier alpha value is -1.23. The molecule has 18 heavy (non-hydrogen) atoms. The number of aliphatic hydroxyl groups is 1. The van der Waals surface area contributed by atoms with Crippen LogP contribution in [0.2, 0.25) is 0 Å². The second-order valence-electron chi connectivity index (χ2n) is 5.12. The summed E-state index contributed by atoms with van der Waals surface area (Å²) in [5, 5.41) is 17.9. The van der Waals surface area contributed by atoms with Crippen molar-refractivity contribution >= 4 is 11.5 Å². The van der Waals surface area contributed by atoms with Gasteiger partial charge in [0, 0.05) is 6.54 Å². The Morgan fingerprint density at radius 1 is 1.39 bits per heavy atom. The summed E-state index contributed by atoms with van der Waals surface area (Å²) in [7, 11) is 0. The van der Waals surface area contributed by atoms with Crippen LogP contribution in [-0.2, 0) is 6.54 Å². The molecule has 2 atom stereocenters. The highest BCUT2D eigenvalue weighted by Crippen LogP contribution is 2.27. The molecule has 0 aromatic carbocycles. The van der Waals surface area contributed by atoms with Crippen LogP contribution in [0.1, 0.15) is 44.7 Å². The second-order valence-corrected chi connectivity index (χ2v) is 5.12. The number of aryl methyl sites for hydroxylation is 2. The molecule has 4 N–H and O–H groups in total. The van der Waals surface area contributed by atoms with Crippen LogP contribution in [0.15, 0.2) is 0 Å². The summed E-state index contributed by atoms with van der Waals surface area (Å²) in [4.78, 5) is 0. The first-order valence-corrected chi connectivity index (χ1v) is 6.91. The van der Waals surface area contributed by atoms with Crippen molar-refractivity contribution in [2.75, 3.05) is 11.1 Å². The predicted molar refractivity (Wildman–Crippen MR) is 73.6 cm³/mol. The minimum atomic E-state index is -0.285. The molecule has 1 aromatic heterocycles. The van der Waals surface area contributed by atoms with E-state index >= 15 is 0 Å². The van der Waals surface area contributed by atoms with Gasteiger partial charge < -0.3 is 16.2 Å². The van der Waals surface area contributed by atoms with E-state index in [1.54, 1.807) is 0 Å². The first-order chi connectivity index (χ1) is 8.63. The smallest absolute Gasteiger partial charge is 0.148 e. The van der Waals surface area contributed by atoms with Crippen molar-refractivity contribution in [3.05, 3.63) is 5.69 Å². The number of hydrogen-bond acceptors (Lipinski definition) is 4. The van der Waals surface area contributed by atoms with Gasteiger partial charge in [0.05, 0.1) is 23.5 Å². The molecule has 2 unspecified atom stereocenters. The average molecular weight is 252 g/mol. The summed E-state index contributed by atoms with van der Waals surface area (Å²) in [5.74, 6) is 0.862. The van der Waals surface area contributed by atoms with Crippen LogP contribution in [0.4, 0.5) is 11.5 Å². The second kappa shape index (κ2) is 5.61. The molecule has 0 bridgehead atoms. The average Bonchev–Trinajstić information content (AvgIpc) is 2.53. The Balaban J connectivity index is 2.16. The lowest BCUT2D eigenvalue weighted by Crippen LogP contribution is -2.33. The van der Waals surface area contributed by atoms with Crippen LogP contribution in [0.5, 0.6) is 0 Å². The molecule has 102 valence electrons. The summed E-state index contributed by atoms with van der Waals surface area (Å²) in [6.07, 6.45) is 5.06. The maximum absolute atomic E-state index is 10.1. The molecule has 0 radical (unpaired) electrons. The van der Waals surface area contributed by atoms with E-state index < -0.39 is 0 Å². The molecule has 1 fully saturated rings. The van der Waals surface area contributed by atoms with Gasteiger partial charge >= 0.3 is 0 Å². The number of rotatable bonds is 3. The number of nitrogen functional groups attached to an aromatic ring is 1. The van der Waals surface area contributed by atoms with Gasteiger partial charge in [-0.3, -0.25) is 0 Å². The van der Waals surface area contributed by atoms with Gasteiger partial charge in [0.25, 0.3) is 0 Å². The fourth-order valence-electron chi connectivity index (χ4n) is 2.61. The van der Waals surface area contributed by atoms with Crippen LogP contribution in [-0.4, -0.2) is 27.0 Å². The van der Waals surface area contributed by atoms with Gasteiger partial charge in [0.2, 0.25) is 0 Å². The Kier molecular flexibility index (Phi) is 4.11. The summed E-state index contributed by atoms with van der Waals surface area (Å²) in [6, 6.07) is 0.0937. The molecular weight excluding hydrogens is 228 g/mol. The quantitative estimate of drug-likeness (QED) is 0.718. The molecule has 5 nitrogen and oxygen atoms in total. The molecule has 1 heterocycles. The van der Waals surface area contributed by atoms with Crippen LogP contribution >= 0.6 is 0 Å². The van der Waals surface area contributed by atoms with Crippen molar-refractivity contribution in [3.63, 3.8) is 0 Å². The zero-order chi connectivity index (χ0) is 13.1. The molecule has 1 saturated carbocycles. The van der Waals surface area contributed by atoms with E-state index in [4.69, 9.17) is 5.73 Å². The fourth-order valence-corrected chi connectivity index (χ4v) is 2.61. The van der Waals surface area contributed by atoms with Crippen molar-refractivity contribution < 1.29 is 5.11 Å². The monoisotopic (exact) mass is 252 g/mol. The molecule has 1 aliphatic carbocycles. The Labute approximate surface area is 108 Å². The summed E-state index contributed by atoms with van der Waals surface area (Å²) in [6.45, 7) is 4.74. The van der Waals surface area contributed by atoms with Gasteiger partial charge in [-0.15, -0.1) is 0 Å². The zero-order valence-electron chi connectivity index (χ0n) is 11.3. The van der Waals surface area contributed by atoms with E-state index in [-0.39, 0.29) is 12.1 Å². The number of nitrogens with one attached hydrogen (secondary N) is 1. The van der Waals surface area contributed by atoms with Gasteiger partial charge in [-0.25, -0.2) is 4.68 Å². The van der Waals surface area contributed by atoms with Crippen LogP contribution in [0, 0.1) is 6.92 Å². The van der Waals surface area contributed by atoms with E-state index in [0.717, 1.165) is 43.7 Å². The highest BCUT2D eigenvalue weighted by molar-refractivity contribution is 5.65. The Bertz CT molecular complexity index is 402. The van der Waals surface area contributed by atoms with Crippen molar-refractivity contribution in [1.82, 2.24) is 9.78 Å². The number of nitrogens with zero attached hydrogens (tertiary/aromatic N) is 2. The molecule has 2 rings (SSSR count). The number of anilines is 2. The molecular formula is C13H24N4O. The van der Waals surface area contributed by atoms with Crippen molar-refractivity contribution in [1.29, 1.82) is 0 Å². The zero-order valence-corrected chi connectivity index (χ0v) is 11.3. The first kappa shape index (κ1) is 13.2. The SMILES string of the molecule is CCn1nc(C)c(N)c1NC1CCCCCC1O. The van der Waals surface area contributed by atoms with Gasteiger partial charge in [0.1, 0.15) is 5.82 Å². The maximum Gasteiger partial charge on any atom is 0.148 e. The van der Waals surface area contributed by atoms with Gasteiger partial charge in [-0.2, -0.15) is 5.10 Å². The van der Waals surface area contributed by atoms with E-state index in [2.05, 4.69) is 10.4 Å². The third-order valence-electron chi connectivity index (χ3n) is 3.77. The Morgan fingerprint density at radius 3 is 2.83 bits per heavy atom. The topological polar surface area (TPSA) is 76.1 Å². The summed E-state index contributed by atoms with van der Waals surface area (Å²) < 4.78 is 1.88. The molecule has 0 amide bonds. The lowest BCUT2D eigenvalue weighted by atomic mass is 10.1. The van der Waals surface area contributed by atoms with Gasteiger partial charge in [-0.05, 0) is 26.7 Å². The highest BCUT2D eigenvalue weighted by Gasteiger charge is 2.24. The summed E-state index contributed by atoms with van der Waals surface area (Å²) in [5.41, 5.74) is 7.60. The first-order valence-electron chi connectivity index (χ1n) is 6.91.